The molecule has 0 unspecified atom stereocenters. The Balaban J connectivity index is 1.50. The summed E-state index contributed by atoms with van der Waals surface area (Å²) in [6, 6.07) is 24.7. The molecule has 0 fully saturated rings. The second-order valence-corrected chi connectivity index (χ2v) is 15.3. The first-order valence-electron chi connectivity index (χ1n) is 10.4. The fourth-order valence-corrected chi connectivity index (χ4v) is 11.4. The Bertz CT molecular complexity index is 1300. The van der Waals surface area contributed by atoms with E-state index in [4.69, 9.17) is 46.4 Å². The molecule has 0 saturated carbocycles. The molecule has 4 rings (SSSR count). The molecule has 0 atom stereocenters. The number of carbonyl (C=O) groups excluding carboxylic acids is 2. The van der Waals surface area contributed by atoms with Crippen molar-refractivity contribution in [3.05, 3.63) is 116 Å². The van der Waals surface area contributed by atoms with Crippen LogP contribution in [-0.4, -0.2) is 38.1 Å². The minimum atomic E-state index is -0.245. The van der Waals surface area contributed by atoms with Gasteiger partial charge >= 0.3 is 241 Å². The molecule has 4 nitrogen and oxygen atoms in total. The van der Waals surface area contributed by atoms with Crippen LogP contribution in [0.5, 0.6) is 0 Å². The molecule has 0 spiro atoms. The predicted octanol–water partition coefficient (Wildman–Crippen LogP) is 6.08. The van der Waals surface area contributed by atoms with Crippen LogP contribution in [0.4, 0.5) is 11.4 Å². The second-order valence-electron chi connectivity index (χ2n) is 7.38. The molecule has 182 valence electrons. The van der Waals surface area contributed by atoms with E-state index < -0.39 is 0 Å². The van der Waals surface area contributed by atoms with Crippen molar-refractivity contribution in [3.63, 3.8) is 0 Å². The van der Waals surface area contributed by atoms with E-state index in [2.05, 4.69) is 10.6 Å². The molecule has 36 heavy (non-hydrogen) atoms. The fraction of sp³-hybridized carbons (Fsp3) is 0. The van der Waals surface area contributed by atoms with Crippen LogP contribution < -0.4 is 19.6 Å². The summed E-state index contributed by atoms with van der Waals surface area (Å²) in [5, 5.41) is 7.49. The molecule has 2 N–H and O–H groups in total. The molecule has 0 saturated heterocycles. The Morgan fingerprint density at radius 2 is 0.861 bits per heavy atom. The summed E-state index contributed by atoms with van der Waals surface area (Å²) < 4.78 is 1.87. The van der Waals surface area contributed by atoms with Gasteiger partial charge in [-0.1, -0.05) is 0 Å². The predicted molar refractivity (Wildman–Crippen MR) is 152 cm³/mol. The van der Waals surface area contributed by atoms with E-state index in [-0.39, 0.29) is 38.1 Å². The molecule has 4 aromatic carbocycles. The first kappa shape index (κ1) is 27.1. The van der Waals surface area contributed by atoms with Crippen LogP contribution in [0.3, 0.4) is 0 Å². The van der Waals surface area contributed by atoms with Crippen molar-refractivity contribution in [1.29, 1.82) is 0 Å². The van der Waals surface area contributed by atoms with Gasteiger partial charge in [-0.25, -0.2) is 0 Å². The quantitative estimate of drug-likeness (QED) is 0.232. The summed E-state index contributed by atoms with van der Waals surface area (Å²) in [7, 11) is 0. The standard InChI is InChI=1S/C26H16Cl4N2O2Se2/c27-15-9-16(28)12-19(11-15)31-25(33)21-5-1-3-7-23(21)35-36-24-8-4-2-6-22(24)26(34)32-20-13-17(29)10-18(30)14-20/h1-14H,(H,31,33)(H,32,34). The molecule has 0 aromatic heterocycles. The van der Waals surface area contributed by atoms with Crippen molar-refractivity contribution in [2.75, 3.05) is 10.6 Å². The monoisotopic (exact) mass is 688 g/mol. The van der Waals surface area contributed by atoms with E-state index in [0.717, 1.165) is 8.92 Å². The van der Waals surface area contributed by atoms with Crippen molar-refractivity contribution in [1.82, 2.24) is 0 Å². The Labute approximate surface area is 239 Å². The molecule has 4 aromatic rings. The average molecular weight is 688 g/mol. The van der Waals surface area contributed by atoms with Gasteiger partial charge < -0.3 is 0 Å². The first-order valence-corrected chi connectivity index (χ1v) is 17.9. The van der Waals surface area contributed by atoms with Crippen molar-refractivity contribution in [2.24, 2.45) is 0 Å². The second kappa shape index (κ2) is 12.5. The third-order valence-corrected chi connectivity index (χ3v) is 12.8. The molecule has 0 aliphatic rings. The van der Waals surface area contributed by atoms with Crippen molar-refractivity contribution in [2.45, 2.75) is 0 Å². The summed E-state index contributed by atoms with van der Waals surface area (Å²) in [4.78, 5) is 26.1. The van der Waals surface area contributed by atoms with Gasteiger partial charge in [0.25, 0.3) is 0 Å². The molecule has 0 heterocycles. The zero-order valence-corrected chi connectivity index (χ0v) is 24.7. The number of anilines is 2. The molecule has 0 aliphatic carbocycles. The molecule has 0 aliphatic heterocycles. The van der Waals surface area contributed by atoms with Crippen LogP contribution in [0, 0.1) is 0 Å². The maximum absolute atomic E-state index is 13.0. The first-order chi connectivity index (χ1) is 17.3. The average Bonchev–Trinajstić information content (AvgIpc) is 2.81. The minimum absolute atomic E-state index is 0.0668. The number of nitrogens with one attached hydrogen (secondary N) is 2. The van der Waals surface area contributed by atoms with Crippen LogP contribution in [-0.2, 0) is 0 Å². The van der Waals surface area contributed by atoms with Gasteiger partial charge in [0.1, 0.15) is 0 Å². The summed E-state index contributed by atoms with van der Waals surface area (Å²) in [5.41, 5.74) is 2.19. The van der Waals surface area contributed by atoms with Crippen molar-refractivity contribution >= 4 is 105 Å². The Hall–Kier alpha value is -1.98. The van der Waals surface area contributed by atoms with Gasteiger partial charge in [0.15, 0.2) is 0 Å². The summed E-state index contributed by atoms with van der Waals surface area (Å²) in [5.74, 6) is -0.490. The number of amides is 2. The molecule has 0 bridgehead atoms. The van der Waals surface area contributed by atoms with Crippen LogP contribution in [0.25, 0.3) is 0 Å². The molecular weight excluding hydrogens is 672 g/mol. The normalized spacial score (nSPS) is 10.7. The van der Waals surface area contributed by atoms with E-state index in [1.54, 1.807) is 48.5 Å². The Kier molecular flexibility index (Phi) is 9.40. The molecular formula is C26H16Cl4N2O2Se2. The van der Waals surface area contributed by atoms with E-state index in [0.29, 0.717) is 42.6 Å². The SMILES string of the molecule is O=C(Nc1cc(Cl)cc(Cl)c1)c1ccccc1[Se][Se]c1ccccc1C(=O)Nc1cc(Cl)cc(Cl)c1. The number of halogens is 4. The van der Waals surface area contributed by atoms with E-state index in [9.17, 15) is 9.59 Å². The van der Waals surface area contributed by atoms with E-state index in [1.165, 1.54) is 0 Å². The van der Waals surface area contributed by atoms with Crippen LogP contribution in [0.1, 0.15) is 20.7 Å². The van der Waals surface area contributed by atoms with Gasteiger partial charge in [0.05, 0.1) is 0 Å². The van der Waals surface area contributed by atoms with Gasteiger partial charge in [-0.2, -0.15) is 0 Å². The van der Waals surface area contributed by atoms with Gasteiger partial charge in [-0.15, -0.1) is 0 Å². The van der Waals surface area contributed by atoms with E-state index >= 15 is 0 Å². The van der Waals surface area contributed by atoms with E-state index in [1.807, 2.05) is 36.4 Å². The zero-order valence-electron chi connectivity index (χ0n) is 18.2. The number of benzene rings is 4. The third-order valence-electron chi connectivity index (χ3n) is 4.73. The summed E-state index contributed by atoms with van der Waals surface area (Å²) in [6.07, 6.45) is 0. The van der Waals surface area contributed by atoms with Crippen LogP contribution in [0.2, 0.25) is 20.1 Å². The molecule has 10 heteroatoms. The Morgan fingerprint density at radius 3 is 1.22 bits per heavy atom. The summed E-state index contributed by atoms with van der Waals surface area (Å²) >= 11 is 24.1. The molecule has 2 amide bonds. The van der Waals surface area contributed by atoms with Gasteiger partial charge in [-0.05, 0) is 0 Å². The maximum atomic E-state index is 13.0. The van der Waals surface area contributed by atoms with Crippen LogP contribution in [0.15, 0.2) is 84.9 Å². The van der Waals surface area contributed by atoms with Gasteiger partial charge in [-0.3, -0.25) is 0 Å². The van der Waals surface area contributed by atoms with Crippen molar-refractivity contribution in [3.8, 4) is 0 Å². The number of rotatable bonds is 7. The fourth-order valence-electron chi connectivity index (χ4n) is 3.19. The summed E-state index contributed by atoms with van der Waals surface area (Å²) in [6.45, 7) is 0. The van der Waals surface area contributed by atoms with Crippen LogP contribution >= 0.6 is 46.4 Å². The topological polar surface area (TPSA) is 58.2 Å². The molecule has 0 radical (unpaired) electrons. The van der Waals surface area contributed by atoms with Gasteiger partial charge in [0.2, 0.25) is 0 Å². The number of hydrogen-bond acceptors (Lipinski definition) is 2. The van der Waals surface area contributed by atoms with Gasteiger partial charge in [0, 0.05) is 0 Å². The zero-order chi connectivity index (χ0) is 25.7. The Morgan fingerprint density at radius 1 is 0.528 bits per heavy atom. The number of hydrogen-bond donors (Lipinski definition) is 2. The number of carbonyl (C=O) groups is 2. The van der Waals surface area contributed by atoms with Crippen molar-refractivity contribution < 1.29 is 9.59 Å². The third kappa shape index (κ3) is 7.29.